The van der Waals surface area contributed by atoms with E-state index in [4.69, 9.17) is 9.47 Å². The van der Waals surface area contributed by atoms with E-state index in [2.05, 4.69) is 26.3 Å². The summed E-state index contributed by atoms with van der Waals surface area (Å²) in [5, 5.41) is 40.7. The van der Waals surface area contributed by atoms with E-state index in [1.54, 1.807) is 0 Å². The van der Waals surface area contributed by atoms with Gasteiger partial charge in [-0.3, -0.25) is 37.7 Å². The van der Waals surface area contributed by atoms with E-state index in [9.17, 15) is 86.9 Å². The molecule has 0 aliphatic carbocycles. The molecule has 0 amide bonds. The second kappa shape index (κ2) is 16.1. The molecule has 0 bridgehead atoms. The Balaban J connectivity index is 1.30. The van der Waals surface area contributed by atoms with E-state index >= 15 is 0 Å². The fraction of sp³-hybridized carbons (Fsp3) is 0.556. The fourth-order valence-electron chi connectivity index (χ4n) is 4.40. The summed E-state index contributed by atoms with van der Waals surface area (Å²) in [5.41, 5.74) is -3.88. The molecule has 2 aromatic heterocycles. The molecule has 0 aromatic carbocycles. The molecule has 12 atom stereocenters. The van der Waals surface area contributed by atoms with E-state index in [1.807, 2.05) is 9.97 Å². The van der Waals surface area contributed by atoms with Crippen LogP contribution in [-0.4, -0.2) is 114 Å². The van der Waals surface area contributed by atoms with Crippen molar-refractivity contribution < 1.29 is 103 Å². The minimum absolute atomic E-state index is 0.612. The van der Waals surface area contributed by atoms with Gasteiger partial charge in [-0.25, -0.2) is 32.4 Å². The van der Waals surface area contributed by atoms with Crippen molar-refractivity contribution in [3.05, 3.63) is 66.2 Å². The first-order valence-electron chi connectivity index (χ1n) is 13.6. The zero-order valence-electron chi connectivity index (χ0n) is 25.4. The Kier molecular flexibility index (Phi) is 13.3. The van der Waals surface area contributed by atoms with Gasteiger partial charge in [-0.2, -0.15) is 17.2 Å². The van der Waals surface area contributed by atoms with Crippen LogP contribution < -0.4 is 22.5 Å². The van der Waals surface area contributed by atoms with Gasteiger partial charge in [0.05, 0.1) is 13.2 Å². The topological polar surface area (TPSA) is 451 Å². The van der Waals surface area contributed by atoms with Gasteiger partial charge in [0.25, 0.3) is 11.1 Å². The lowest BCUT2D eigenvalue weighted by atomic mass is 10.1. The quantitative estimate of drug-likeness (QED) is 0.0715. The van der Waals surface area contributed by atoms with Crippen molar-refractivity contribution in [2.75, 3.05) is 13.2 Å². The maximum absolute atomic E-state index is 12.2. The highest BCUT2D eigenvalue weighted by Gasteiger charge is 2.50. The van der Waals surface area contributed by atoms with Gasteiger partial charge in [-0.1, -0.05) is 0 Å². The number of H-pyrrole nitrogens is 2. The number of hydrogen-bond acceptors (Lipinski definition) is 21. The summed E-state index contributed by atoms with van der Waals surface area (Å²) >= 11 is 0. The van der Waals surface area contributed by atoms with Crippen molar-refractivity contribution in [3.63, 3.8) is 0 Å². The molecule has 2 fully saturated rings. The lowest BCUT2D eigenvalue weighted by Gasteiger charge is -2.21. The van der Waals surface area contributed by atoms with Crippen LogP contribution in [0.25, 0.3) is 0 Å². The van der Waals surface area contributed by atoms with E-state index in [0.29, 0.717) is 9.13 Å². The smallest absolute Gasteiger partial charge is 0.387 e. The predicted molar refractivity (Wildman–Crippen MR) is 160 cm³/mol. The predicted octanol–water partition coefficient (Wildman–Crippen LogP) is -4.07. The van der Waals surface area contributed by atoms with Crippen molar-refractivity contribution in [2.45, 2.75) is 49.1 Å². The van der Waals surface area contributed by atoms with Crippen molar-refractivity contribution in [2.24, 2.45) is 0 Å². The summed E-state index contributed by atoms with van der Waals surface area (Å²) < 4.78 is 95.8. The Labute approximate surface area is 290 Å². The van der Waals surface area contributed by atoms with E-state index in [-0.39, 0.29) is 0 Å². The molecule has 4 heterocycles. The molecule has 2 aliphatic heterocycles. The molecule has 11 N–H and O–H groups in total. The molecular formula is C18H27N4O26P5. The van der Waals surface area contributed by atoms with Gasteiger partial charge < -0.3 is 54.4 Å². The number of rotatable bonds is 16. The van der Waals surface area contributed by atoms with Crippen LogP contribution in [0.15, 0.2) is 43.7 Å². The van der Waals surface area contributed by atoms with Crippen LogP contribution in [0.3, 0.4) is 0 Å². The summed E-state index contributed by atoms with van der Waals surface area (Å²) in [7, 11) is -31.1. The molecule has 0 saturated carbocycles. The average molecular weight is 870 g/mol. The normalized spacial score (nSPS) is 31.9. The molecule has 0 radical (unpaired) electrons. The first kappa shape index (κ1) is 43.6. The highest BCUT2D eigenvalue weighted by atomic mass is 31.3. The number of phosphoric ester groups is 2. The molecule has 53 heavy (non-hydrogen) atoms. The summed E-state index contributed by atoms with van der Waals surface area (Å²) in [6, 6.07) is 1.68. The minimum Gasteiger partial charge on any atom is -0.387 e. The van der Waals surface area contributed by atoms with Crippen molar-refractivity contribution in [1.29, 1.82) is 0 Å². The Hall–Kier alpha value is -2.17. The number of ether oxygens (including phenoxy) is 2. The van der Waals surface area contributed by atoms with Gasteiger partial charge in [0.2, 0.25) is 0 Å². The number of aromatic amines is 2. The van der Waals surface area contributed by atoms with Crippen molar-refractivity contribution in [3.8, 4) is 0 Å². The first-order chi connectivity index (χ1) is 24.2. The van der Waals surface area contributed by atoms with Gasteiger partial charge in [0.15, 0.2) is 12.5 Å². The molecule has 30 nitrogen and oxygen atoms in total. The van der Waals surface area contributed by atoms with Gasteiger partial charge >= 0.3 is 50.5 Å². The molecule has 4 rings (SSSR count). The summed E-state index contributed by atoms with van der Waals surface area (Å²) in [6.07, 6.45) is -13.0. The van der Waals surface area contributed by atoms with Gasteiger partial charge in [-0.15, -0.1) is 0 Å². The molecule has 0 spiro atoms. The highest BCUT2D eigenvalue weighted by Crippen LogP contribution is 2.73. The van der Waals surface area contributed by atoms with E-state index in [1.165, 1.54) is 0 Å². The van der Waals surface area contributed by atoms with E-state index in [0.717, 1.165) is 24.5 Å². The Bertz CT molecular complexity index is 2000. The molecule has 35 heteroatoms. The Morgan fingerprint density at radius 1 is 0.547 bits per heavy atom. The lowest BCUT2D eigenvalue weighted by molar-refractivity contribution is -0.0542. The number of phosphoric acid groups is 5. The SMILES string of the molecule is O=c1ccn([C@@H]2O[C@H](COP(=O)(O)OP(=O)(O)OP(=O)(O)OP(=O)(O)OP(=O)(O)OC[C@H]3O[C@@H](n4ccc(=O)[nH]c4=O)[C@H](O)[C@@H]3O)[C@@H](O)[C@H]2O)c(=O)[nH]1. The fourth-order valence-corrected chi connectivity index (χ4v) is 10.8. The largest absolute Gasteiger partial charge is 0.490 e. The monoisotopic (exact) mass is 870 g/mol. The number of aliphatic hydroxyl groups is 4. The zero-order chi connectivity index (χ0) is 39.9. The van der Waals surface area contributed by atoms with Crippen molar-refractivity contribution >= 4 is 39.1 Å². The number of aromatic nitrogens is 4. The van der Waals surface area contributed by atoms with Crippen LogP contribution in [0, 0.1) is 0 Å². The third kappa shape index (κ3) is 11.4. The number of nitrogens with one attached hydrogen (secondary N) is 2. The summed E-state index contributed by atoms with van der Waals surface area (Å²) in [5.74, 6) is 0. The second-order valence-electron chi connectivity index (χ2n) is 10.4. The number of hydrogen-bond donors (Lipinski definition) is 11. The molecule has 2 saturated heterocycles. The van der Waals surface area contributed by atoms with Gasteiger partial charge in [0.1, 0.15) is 36.6 Å². The number of nitrogens with zero attached hydrogens (tertiary/aromatic N) is 2. The maximum atomic E-state index is 12.2. The molecule has 300 valence electrons. The zero-order valence-corrected chi connectivity index (χ0v) is 29.9. The Morgan fingerprint density at radius 3 is 1.15 bits per heavy atom. The molecule has 2 aliphatic rings. The third-order valence-electron chi connectivity index (χ3n) is 6.55. The molecular weight excluding hydrogens is 843 g/mol. The standard InChI is InChI=1S/C18H27N4O26P5/c23-9-1-3-21(17(29)19-9)15-13(27)11(25)7(43-15)5-41-49(31,32)45-51(35,36)47-53(39,40)48-52(37,38)46-50(33,34)42-6-8-12(26)14(28)16(44-8)22-4-2-10(24)20-18(22)30/h1-4,7-8,11-16,25-28H,5-6H2,(H,31,32)(H,33,34)(H,35,36)(H,37,38)(H,39,40)(H,19,23,29)(H,20,24,30)/t7-,8-,11-,12-,13-,14-,15-,16-/m1/s1. The first-order valence-corrected chi connectivity index (χ1v) is 21.1. The maximum Gasteiger partial charge on any atom is 0.490 e. The third-order valence-corrected chi connectivity index (χ3v) is 14.1. The molecule has 4 unspecified atom stereocenters. The second-order valence-corrected chi connectivity index (χ2v) is 18.2. The Morgan fingerprint density at radius 2 is 0.849 bits per heavy atom. The van der Waals surface area contributed by atoms with Gasteiger partial charge in [0, 0.05) is 24.5 Å². The van der Waals surface area contributed by atoms with E-state index < -0.39 is 124 Å². The number of aliphatic hydroxyl groups excluding tert-OH is 4. The lowest BCUT2D eigenvalue weighted by Crippen LogP contribution is -2.37. The van der Waals surface area contributed by atoms with Crippen LogP contribution in [0.2, 0.25) is 0 Å². The highest BCUT2D eigenvalue weighted by molar-refractivity contribution is 7.71. The summed E-state index contributed by atoms with van der Waals surface area (Å²) in [6.45, 7) is -2.54. The molecule has 2 aromatic rings. The van der Waals surface area contributed by atoms with Crippen LogP contribution in [0.4, 0.5) is 0 Å². The van der Waals surface area contributed by atoms with Crippen LogP contribution in [0.5, 0.6) is 0 Å². The van der Waals surface area contributed by atoms with Crippen LogP contribution in [0.1, 0.15) is 12.5 Å². The van der Waals surface area contributed by atoms with Crippen LogP contribution in [-0.2, 0) is 58.6 Å². The van der Waals surface area contributed by atoms with Gasteiger partial charge in [-0.05, 0) is 0 Å². The summed E-state index contributed by atoms with van der Waals surface area (Å²) in [4.78, 5) is 98.7. The average Bonchev–Trinajstić information content (AvgIpc) is 3.42. The minimum atomic E-state index is -6.49. The van der Waals surface area contributed by atoms with Crippen molar-refractivity contribution in [1.82, 2.24) is 19.1 Å². The van der Waals surface area contributed by atoms with Crippen LogP contribution >= 0.6 is 39.1 Å².